The summed E-state index contributed by atoms with van der Waals surface area (Å²) >= 11 is 0. The van der Waals surface area contributed by atoms with Gasteiger partial charge in [0, 0.05) is 12.5 Å². The Hall–Kier alpha value is -2.86. The molecule has 3 atom stereocenters. The molecule has 2 N–H and O–H groups in total. The third kappa shape index (κ3) is 4.76. The molecule has 33 heavy (non-hydrogen) atoms. The second-order valence-electron chi connectivity index (χ2n) is 8.34. The van der Waals surface area contributed by atoms with Crippen molar-refractivity contribution < 1.29 is 28.5 Å². The van der Waals surface area contributed by atoms with Gasteiger partial charge in [0.25, 0.3) is 0 Å². The van der Waals surface area contributed by atoms with Crippen LogP contribution in [-0.2, 0) is 19.5 Å². The van der Waals surface area contributed by atoms with E-state index < -0.39 is 30.6 Å². The van der Waals surface area contributed by atoms with E-state index in [1.165, 1.54) is 36.4 Å². The van der Waals surface area contributed by atoms with E-state index in [-0.39, 0.29) is 18.0 Å². The van der Waals surface area contributed by atoms with Crippen molar-refractivity contribution in [3.8, 4) is 0 Å². The van der Waals surface area contributed by atoms with Crippen LogP contribution < -0.4 is 0 Å². The predicted octanol–water partition coefficient (Wildman–Crippen LogP) is 5.27. The van der Waals surface area contributed by atoms with E-state index in [4.69, 9.17) is 4.52 Å². The van der Waals surface area contributed by atoms with Gasteiger partial charge in [0.05, 0.1) is 11.2 Å². The second kappa shape index (κ2) is 9.96. The Bertz CT molecular complexity index is 1200. The molecule has 3 aromatic rings. The summed E-state index contributed by atoms with van der Waals surface area (Å²) < 4.78 is 31.7. The Morgan fingerprint density at radius 2 is 1.82 bits per heavy atom. The Balaban J connectivity index is 2.30. The molecule has 2 aromatic carbocycles. The zero-order valence-corrected chi connectivity index (χ0v) is 19.7. The highest BCUT2D eigenvalue weighted by atomic mass is 31.1. The van der Waals surface area contributed by atoms with Crippen LogP contribution in [0.15, 0.2) is 66.7 Å². The normalized spacial score (nSPS) is 16.5. The summed E-state index contributed by atoms with van der Waals surface area (Å²) in [5, 5.41) is 21.0. The molecule has 0 saturated carbocycles. The van der Waals surface area contributed by atoms with Crippen LogP contribution in [0.3, 0.4) is 0 Å². The molecule has 3 rings (SSSR count). The molecule has 1 heterocycles. The number of aromatic nitrogens is 1. The van der Waals surface area contributed by atoms with E-state index in [0.29, 0.717) is 11.1 Å². The van der Waals surface area contributed by atoms with Crippen molar-refractivity contribution in [2.45, 2.75) is 31.0 Å². The Morgan fingerprint density at radius 3 is 2.42 bits per heavy atom. The molecule has 6 nitrogen and oxygen atoms in total. The van der Waals surface area contributed by atoms with Gasteiger partial charge in [-0.1, -0.05) is 62.4 Å². The zero-order valence-electron chi connectivity index (χ0n) is 18.7. The average molecular weight is 471 g/mol. The van der Waals surface area contributed by atoms with Crippen molar-refractivity contribution in [2.24, 2.45) is 5.92 Å². The lowest BCUT2D eigenvalue weighted by atomic mass is 9.76. The average Bonchev–Trinajstić information content (AvgIpc) is 2.79. The Kier molecular flexibility index (Phi) is 7.48. The second-order valence-corrected chi connectivity index (χ2v) is 10.1. The third-order valence-electron chi connectivity index (χ3n) is 5.62. The number of fused-ring (bicyclic) bond motifs is 1. The van der Waals surface area contributed by atoms with Crippen LogP contribution in [0.2, 0.25) is 0 Å². The number of pyridine rings is 1. The summed E-state index contributed by atoms with van der Waals surface area (Å²) in [5.74, 6) is -2.13. The number of nitrogens with zero attached hydrogens (tertiary/aromatic N) is 1. The number of carbonyl (C=O) groups is 1. The van der Waals surface area contributed by atoms with Crippen LogP contribution in [0.25, 0.3) is 17.0 Å². The minimum Gasteiger partial charge on any atom is -0.480 e. The fourth-order valence-corrected chi connectivity index (χ4v) is 5.30. The lowest BCUT2D eigenvalue weighted by Crippen LogP contribution is -2.54. The molecule has 0 aliphatic heterocycles. The van der Waals surface area contributed by atoms with Crippen molar-refractivity contribution in [1.82, 2.24) is 4.98 Å². The first kappa shape index (κ1) is 24.8. The van der Waals surface area contributed by atoms with E-state index in [1.54, 1.807) is 24.3 Å². The van der Waals surface area contributed by atoms with Gasteiger partial charge in [0.2, 0.25) is 8.03 Å². The number of aliphatic carboxylic acids is 1. The fraction of sp³-hybridized carbons (Fsp3) is 0.280. The molecule has 3 unspecified atom stereocenters. The van der Waals surface area contributed by atoms with Gasteiger partial charge in [-0.25, -0.2) is 9.37 Å². The lowest BCUT2D eigenvalue weighted by molar-refractivity contribution is -0.148. The number of rotatable bonds is 9. The molecule has 0 aliphatic carbocycles. The van der Waals surface area contributed by atoms with Gasteiger partial charge in [-0.3, -0.25) is 9.36 Å². The smallest absolute Gasteiger partial charge is 0.326 e. The number of carboxylic acids is 1. The molecule has 0 spiro atoms. The quantitative estimate of drug-likeness (QED) is 0.413. The molecule has 0 amide bonds. The first-order valence-corrected chi connectivity index (χ1v) is 11.8. The molecule has 0 bridgehead atoms. The third-order valence-corrected chi connectivity index (χ3v) is 7.43. The standard InChI is InChI=1S/C25H27FNO5P/c1-17(2)16-24(30,22-13-10-19-6-4-5-7-21(19)27-22)25(23(28)29,33(31)32-3)15-14-18-8-11-20(26)12-9-18/h4-15,17,30,33H,16H2,1-3H3,(H,28,29). The minimum atomic E-state index is -3.41. The zero-order chi connectivity index (χ0) is 24.2. The predicted molar refractivity (Wildman–Crippen MR) is 127 cm³/mol. The highest BCUT2D eigenvalue weighted by Crippen LogP contribution is 2.55. The van der Waals surface area contributed by atoms with E-state index in [2.05, 4.69) is 4.98 Å². The molecular formula is C25H27FNO5P. The summed E-state index contributed by atoms with van der Waals surface area (Å²) in [6.07, 6.45) is 2.55. The summed E-state index contributed by atoms with van der Waals surface area (Å²) in [6, 6.07) is 15.9. The van der Waals surface area contributed by atoms with Gasteiger partial charge in [-0.2, -0.15) is 0 Å². The summed E-state index contributed by atoms with van der Waals surface area (Å²) in [5.41, 5.74) is -1.04. The molecule has 1 aromatic heterocycles. The number of benzene rings is 2. The first-order valence-electron chi connectivity index (χ1n) is 10.5. The van der Waals surface area contributed by atoms with Crippen LogP contribution >= 0.6 is 8.03 Å². The fourth-order valence-electron chi connectivity index (χ4n) is 4.02. The highest BCUT2D eigenvalue weighted by molar-refractivity contribution is 7.43. The van der Waals surface area contributed by atoms with E-state index in [9.17, 15) is 24.0 Å². The van der Waals surface area contributed by atoms with Gasteiger partial charge in [-0.15, -0.1) is 0 Å². The van der Waals surface area contributed by atoms with Crippen LogP contribution in [0.1, 0.15) is 31.5 Å². The SMILES string of the molecule is CO[PH](=O)C(C=Cc1ccc(F)cc1)(C(=O)O)C(O)(CC(C)C)c1ccc2ccccc2n1. The van der Waals surface area contributed by atoms with Crippen molar-refractivity contribution in [1.29, 1.82) is 0 Å². The van der Waals surface area contributed by atoms with Crippen molar-refractivity contribution in [3.63, 3.8) is 0 Å². The molecule has 0 aliphatic rings. The lowest BCUT2D eigenvalue weighted by Gasteiger charge is -2.42. The molecule has 0 fully saturated rings. The van der Waals surface area contributed by atoms with E-state index in [1.807, 2.05) is 26.0 Å². The monoisotopic (exact) mass is 471 g/mol. The van der Waals surface area contributed by atoms with Crippen molar-refractivity contribution in [2.75, 3.05) is 7.11 Å². The highest BCUT2D eigenvalue weighted by Gasteiger charge is 2.61. The van der Waals surface area contributed by atoms with Crippen LogP contribution in [0, 0.1) is 11.7 Å². The molecule has 0 radical (unpaired) electrons. The number of hydrogen-bond donors (Lipinski definition) is 2. The Labute approximate surface area is 192 Å². The van der Waals surface area contributed by atoms with E-state index >= 15 is 0 Å². The summed E-state index contributed by atoms with van der Waals surface area (Å²) in [6.45, 7) is 3.65. The number of para-hydroxylation sites is 1. The maximum Gasteiger partial charge on any atom is 0.326 e. The Morgan fingerprint density at radius 1 is 1.15 bits per heavy atom. The first-order chi connectivity index (χ1) is 15.6. The van der Waals surface area contributed by atoms with Crippen LogP contribution in [0.4, 0.5) is 4.39 Å². The topological polar surface area (TPSA) is 96.7 Å². The van der Waals surface area contributed by atoms with Gasteiger partial charge < -0.3 is 14.7 Å². The van der Waals surface area contributed by atoms with Crippen LogP contribution in [0.5, 0.6) is 0 Å². The molecule has 0 saturated heterocycles. The maximum atomic E-state index is 13.3. The minimum absolute atomic E-state index is 0.0435. The van der Waals surface area contributed by atoms with Crippen molar-refractivity contribution >= 4 is 31.0 Å². The van der Waals surface area contributed by atoms with E-state index in [0.717, 1.165) is 12.5 Å². The van der Waals surface area contributed by atoms with Crippen molar-refractivity contribution in [3.05, 3.63) is 83.8 Å². The maximum absolute atomic E-state index is 13.3. The van der Waals surface area contributed by atoms with Gasteiger partial charge in [0.1, 0.15) is 11.4 Å². The van der Waals surface area contributed by atoms with Gasteiger partial charge in [0.15, 0.2) is 5.16 Å². The number of carboxylic acid groups (broad SMARTS) is 1. The number of aliphatic hydroxyl groups is 1. The molecule has 8 heteroatoms. The largest absolute Gasteiger partial charge is 0.480 e. The van der Waals surface area contributed by atoms with Crippen LogP contribution in [-0.4, -0.2) is 33.4 Å². The summed E-state index contributed by atoms with van der Waals surface area (Å²) in [4.78, 5) is 17.4. The number of hydrogen-bond acceptors (Lipinski definition) is 5. The molecule has 174 valence electrons. The van der Waals surface area contributed by atoms with Gasteiger partial charge >= 0.3 is 5.97 Å². The van der Waals surface area contributed by atoms with Gasteiger partial charge in [-0.05, 0) is 42.2 Å². The number of halogens is 1. The molecular weight excluding hydrogens is 444 g/mol. The summed E-state index contributed by atoms with van der Waals surface area (Å²) in [7, 11) is -2.26.